The normalized spacial score (nSPS) is 16.4. The number of hydrogen-bond donors (Lipinski definition) is 3. The number of nitrogens with zero attached hydrogens (tertiary/aromatic N) is 1. The maximum absolute atomic E-state index is 4.33. The molecule has 0 spiro atoms. The first-order chi connectivity index (χ1) is 10.8. The van der Waals surface area contributed by atoms with Crippen molar-refractivity contribution in [3.63, 3.8) is 0 Å². The van der Waals surface area contributed by atoms with Gasteiger partial charge in [-0.25, -0.2) is 0 Å². The average molecular weight is 298 g/mol. The number of aromatic amines is 1. The summed E-state index contributed by atoms with van der Waals surface area (Å²) in [5.41, 5.74) is 3.92. The van der Waals surface area contributed by atoms with Crippen LogP contribution in [0, 0.1) is 6.92 Å². The van der Waals surface area contributed by atoms with Gasteiger partial charge in [-0.05, 0) is 37.3 Å². The number of aliphatic imine (C=N–C) groups is 1. The Hall–Kier alpha value is -1.97. The Bertz CT molecular complexity index is 650. The molecule has 1 heterocycles. The fourth-order valence-electron chi connectivity index (χ4n) is 3.34. The molecule has 4 heteroatoms. The minimum absolute atomic E-state index is 0.599. The number of fused-ring (bicyclic) bond motifs is 1. The van der Waals surface area contributed by atoms with Crippen LogP contribution in [0.15, 0.2) is 29.4 Å². The lowest BCUT2D eigenvalue weighted by atomic mass is 10.1. The van der Waals surface area contributed by atoms with Gasteiger partial charge in [-0.3, -0.25) is 4.99 Å². The number of H-pyrrole nitrogens is 1. The second kappa shape index (κ2) is 6.86. The number of hydrogen-bond acceptors (Lipinski definition) is 1. The molecule has 0 atom stereocenters. The first kappa shape index (κ1) is 14.9. The molecule has 1 saturated carbocycles. The molecular weight excluding hydrogens is 272 g/mol. The van der Waals surface area contributed by atoms with E-state index in [4.69, 9.17) is 0 Å². The van der Waals surface area contributed by atoms with Gasteiger partial charge in [0.2, 0.25) is 0 Å². The fraction of sp³-hybridized carbons (Fsp3) is 0.500. The largest absolute Gasteiger partial charge is 0.361 e. The smallest absolute Gasteiger partial charge is 0.191 e. The van der Waals surface area contributed by atoms with E-state index in [9.17, 15) is 0 Å². The van der Waals surface area contributed by atoms with E-state index in [2.05, 4.69) is 51.9 Å². The van der Waals surface area contributed by atoms with Gasteiger partial charge in [0.1, 0.15) is 0 Å². The highest BCUT2D eigenvalue weighted by molar-refractivity contribution is 5.86. The quantitative estimate of drug-likeness (QED) is 0.600. The molecule has 0 saturated heterocycles. The Labute approximate surface area is 132 Å². The summed E-state index contributed by atoms with van der Waals surface area (Å²) in [4.78, 5) is 7.73. The molecule has 0 radical (unpaired) electrons. The van der Waals surface area contributed by atoms with Crippen LogP contribution < -0.4 is 10.6 Å². The summed E-state index contributed by atoms with van der Waals surface area (Å²) in [6.07, 6.45) is 8.33. The third kappa shape index (κ3) is 3.26. The standard InChI is InChI=1S/C18H26N4/c1-13-6-5-9-16-14(12-21-17(13)16)10-11-20-18(19-2)22-15-7-3-4-8-15/h5-6,9,12,15,21H,3-4,7-8,10-11H2,1-2H3,(H2,19,20,22). The van der Waals surface area contributed by atoms with E-state index < -0.39 is 0 Å². The van der Waals surface area contributed by atoms with E-state index in [1.165, 1.54) is 47.7 Å². The van der Waals surface area contributed by atoms with Crippen LogP contribution in [0.4, 0.5) is 0 Å². The minimum atomic E-state index is 0.599. The van der Waals surface area contributed by atoms with Gasteiger partial charge in [0.25, 0.3) is 0 Å². The lowest BCUT2D eigenvalue weighted by Crippen LogP contribution is -2.42. The number of benzene rings is 1. The van der Waals surface area contributed by atoms with E-state index in [0.29, 0.717) is 6.04 Å². The maximum atomic E-state index is 4.33. The molecule has 3 N–H and O–H groups in total. The molecule has 2 aromatic rings. The van der Waals surface area contributed by atoms with E-state index in [1.807, 2.05) is 7.05 Å². The molecule has 1 aliphatic rings. The Balaban J connectivity index is 1.56. The van der Waals surface area contributed by atoms with Gasteiger partial charge in [-0.2, -0.15) is 0 Å². The van der Waals surface area contributed by atoms with Crippen LogP contribution in [-0.2, 0) is 6.42 Å². The Morgan fingerprint density at radius 3 is 2.91 bits per heavy atom. The zero-order chi connectivity index (χ0) is 15.4. The molecule has 4 nitrogen and oxygen atoms in total. The summed E-state index contributed by atoms with van der Waals surface area (Å²) in [7, 11) is 1.85. The summed E-state index contributed by atoms with van der Waals surface area (Å²) in [5.74, 6) is 0.933. The van der Waals surface area contributed by atoms with Crippen molar-refractivity contribution >= 4 is 16.9 Å². The summed E-state index contributed by atoms with van der Waals surface area (Å²) in [6.45, 7) is 3.04. The van der Waals surface area contributed by atoms with Crippen molar-refractivity contribution in [1.82, 2.24) is 15.6 Å². The van der Waals surface area contributed by atoms with E-state index in [0.717, 1.165) is 18.9 Å². The van der Waals surface area contributed by atoms with Crippen molar-refractivity contribution < 1.29 is 0 Å². The van der Waals surface area contributed by atoms with Gasteiger partial charge in [0.15, 0.2) is 5.96 Å². The van der Waals surface area contributed by atoms with Gasteiger partial charge in [0, 0.05) is 36.7 Å². The molecule has 0 bridgehead atoms. The SMILES string of the molecule is CN=C(NCCc1c[nH]c2c(C)cccc12)NC1CCCC1. The third-order valence-corrected chi connectivity index (χ3v) is 4.62. The van der Waals surface area contributed by atoms with Crippen LogP contribution in [-0.4, -0.2) is 30.6 Å². The van der Waals surface area contributed by atoms with E-state index in [1.54, 1.807) is 0 Å². The van der Waals surface area contributed by atoms with Crippen LogP contribution in [0.25, 0.3) is 10.9 Å². The molecule has 22 heavy (non-hydrogen) atoms. The summed E-state index contributed by atoms with van der Waals surface area (Å²) in [6, 6.07) is 7.07. The van der Waals surface area contributed by atoms with Crippen LogP contribution in [0.5, 0.6) is 0 Å². The number of para-hydroxylation sites is 1. The van der Waals surface area contributed by atoms with Gasteiger partial charge in [-0.1, -0.05) is 31.0 Å². The number of nitrogens with one attached hydrogen (secondary N) is 3. The molecule has 3 rings (SSSR count). The Morgan fingerprint density at radius 2 is 2.14 bits per heavy atom. The molecule has 1 aromatic carbocycles. The van der Waals surface area contributed by atoms with Crippen molar-refractivity contribution in [2.75, 3.05) is 13.6 Å². The minimum Gasteiger partial charge on any atom is -0.361 e. The molecule has 0 unspecified atom stereocenters. The number of aromatic nitrogens is 1. The zero-order valence-electron chi connectivity index (χ0n) is 13.6. The summed E-state index contributed by atoms with van der Waals surface area (Å²) in [5, 5.41) is 8.30. The Kier molecular flexibility index (Phi) is 4.66. The van der Waals surface area contributed by atoms with Crippen LogP contribution in [0.3, 0.4) is 0 Å². The van der Waals surface area contributed by atoms with Gasteiger partial charge in [-0.15, -0.1) is 0 Å². The highest BCUT2D eigenvalue weighted by Gasteiger charge is 2.15. The lowest BCUT2D eigenvalue weighted by Gasteiger charge is -2.16. The van der Waals surface area contributed by atoms with E-state index in [-0.39, 0.29) is 0 Å². The Morgan fingerprint density at radius 1 is 1.32 bits per heavy atom. The topological polar surface area (TPSA) is 52.2 Å². The number of rotatable bonds is 4. The maximum Gasteiger partial charge on any atom is 0.191 e. The monoisotopic (exact) mass is 298 g/mol. The molecule has 1 fully saturated rings. The predicted octanol–water partition coefficient (Wildman–Crippen LogP) is 3.13. The second-order valence-corrected chi connectivity index (χ2v) is 6.19. The molecule has 1 aromatic heterocycles. The van der Waals surface area contributed by atoms with Crippen LogP contribution >= 0.6 is 0 Å². The summed E-state index contributed by atoms with van der Waals surface area (Å²) >= 11 is 0. The molecule has 0 amide bonds. The van der Waals surface area contributed by atoms with Crippen molar-refractivity contribution in [1.29, 1.82) is 0 Å². The second-order valence-electron chi connectivity index (χ2n) is 6.19. The van der Waals surface area contributed by atoms with Crippen molar-refractivity contribution in [3.8, 4) is 0 Å². The first-order valence-corrected chi connectivity index (χ1v) is 8.30. The number of guanidine groups is 1. The van der Waals surface area contributed by atoms with Crippen molar-refractivity contribution in [3.05, 3.63) is 35.5 Å². The van der Waals surface area contributed by atoms with Crippen molar-refractivity contribution in [2.45, 2.75) is 45.1 Å². The van der Waals surface area contributed by atoms with Gasteiger partial charge in [0.05, 0.1) is 0 Å². The van der Waals surface area contributed by atoms with Crippen LogP contribution in [0.1, 0.15) is 36.8 Å². The lowest BCUT2D eigenvalue weighted by molar-refractivity contribution is 0.613. The highest BCUT2D eigenvalue weighted by atomic mass is 15.2. The molecule has 118 valence electrons. The van der Waals surface area contributed by atoms with Gasteiger partial charge < -0.3 is 15.6 Å². The molecule has 1 aliphatic carbocycles. The molecule has 0 aliphatic heterocycles. The zero-order valence-corrected chi connectivity index (χ0v) is 13.6. The fourth-order valence-corrected chi connectivity index (χ4v) is 3.34. The average Bonchev–Trinajstić information content (AvgIpc) is 3.17. The van der Waals surface area contributed by atoms with E-state index >= 15 is 0 Å². The van der Waals surface area contributed by atoms with Crippen molar-refractivity contribution in [2.24, 2.45) is 4.99 Å². The number of aryl methyl sites for hydroxylation is 1. The molecular formula is C18H26N4. The first-order valence-electron chi connectivity index (χ1n) is 8.30. The third-order valence-electron chi connectivity index (χ3n) is 4.62. The van der Waals surface area contributed by atoms with Crippen LogP contribution in [0.2, 0.25) is 0 Å². The summed E-state index contributed by atoms with van der Waals surface area (Å²) < 4.78 is 0. The predicted molar refractivity (Wildman–Crippen MR) is 93.5 cm³/mol. The van der Waals surface area contributed by atoms with Gasteiger partial charge >= 0.3 is 0 Å². The highest BCUT2D eigenvalue weighted by Crippen LogP contribution is 2.21.